The van der Waals surface area contributed by atoms with Gasteiger partial charge in [-0.3, -0.25) is 14.2 Å². The van der Waals surface area contributed by atoms with Crippen molar-refractivity contribution in [3.8, 4) is 21.8 Å². The summed E-state index contributed by atoms with van der Waals surface area (Å²) in [5, 5.41) is 10.2. The summed E-state index contributed by atoms with van der Waals surface area (Å²) in [6, 6.07) is 14.9. The van der Waals surface area contributed by atoms with E-state index >= 15 is 0 Å². The molecule has 1 atom stereocenters. The molecule has 6 rings (SSSR count). The Bertz CT molecular complexity index is 1520. The zero-order chi connectivity index (χ0) is 27.9. The molecule has 8 nitrogen and oxygen atoms in total. The zero-order valence-corrected chi connectivity index (χ0v) is 24.1. The van der Waals surface area contributed by atoms with Crippen molar-refractivity contribution in [1.29, 1.82) is 0 Å². The Morgan fingerprint density at radius 1 is 1.02 bits per heavy atom. The summed E-state index contributed by atoms with van der Waals surface area (Å²) in [6.45, 7) is 3.15. The third-order valence-corrected chi connectivity index (χ3v) is 12.0. The largest absolute Gasteiger partial charge is 0.477 e. The SMILES string of the molecule is CC1CCC(P(=O)(O)N(c2cc(-c3ccc(-c4cc5ncccc5o4)cc3)sc2C(=O)O)C2CCOCC2)CC1. The topological polar surface area (TPSA) is 113 Å². The highest BCUT2D eigenvalue weighted by Crippen LogP contribution is 2.60. The van der Waals surface area contributed by atoms with Gasteiger partial charge >= 0.3 is 5.97 Å². The van der Waals surface area contributed by atoms with Crippen molar-refractivity contribution in [3.05, 3.63) is 59.6 Å². The fraction of sp³-hybridized carbons (Fsp3) is 0.400. The van der Waals surface area contributed by atoms with Gasteiger partial charge < -0.3 is 19.2 Å². The van der Waals surface area contributed by atoms with Gasteiger partial charge in [-0.1, -0.05) is 31.2 Å². The molecule has 0 radical (unpaired) electrons. The van der Waals surface area contributed by atoms with E-state index in [2.05, 4.69) is 11.9 Å². The molecule has 3 aromatic heterocycles. The monoisotopic (exact) mass is 580 g/mol. The van der Waals surface area contributed by atoms with Gasteiger partial charge in [0.2, 0.25) is 0 Å². The van der Waals surface area contributed by atoms with Crippen molar-refractivity contribution in [1.82, 2.24) is 4.98 Å². The highest BCUT2D eigenvalue weighted by molar-refractivity contribution is 7.60. The minimum Gasteiger partial charge on any atom is -0.477 e. The average Bonchev–Trinajstić information content (AvgIpc) is 3.59. The smallest absolute Gasteiger partial charge is 0.348 e. The lowest BCUT2D eigenvalue weighted by Crippen LogP contribution is -2.40. The van der Waals surface area contributed by atoms with Gasteiger partial charge in [-0.25, -0.2) is 4.79 Å². The molecule has 1 unspecified atom stereocenters. The highest BCUT2D eigenvalue weighted by atomic mass is 32.1. The quantitative estimate of drug-likeness (QED) is 0.214. The molecule has 210 valence electrons. The van der Waals surface area contributed by atoms with Gasteiger partial charge in [-0.15, -0.1) is 11.3 Å². The molecular weight excluding hydrogens is 547 g/mol. The molecule has 1 aromatic carbocycles. The maximum atomic E-state index is 14.3. The van der Waals surface area contributed by atoms with Crippen LogP contribution in [0.25, 0.3) is 32.9 Å². The van der Waals surface area contributed by atoms with Crippen LogP contribution in [0, 0.1) is 5.92 Å². The number of carboxylic acids is 1. The Balaban J connectivity index is 1.37. The molecule has 0 amide bonds. The zero-order valence-electron chi connectivity index (χ0n) is 22.4. The van der Waals surface area contributed by atoms with E-state index in [-0.39, 0.29) is 16.6 Å². The van der Waals surface area contributed by atoms with Crippen molar-refractivity contribution < 1.29 is 28.5 Å². The van der Waals surface area contributed by atoms with Gasteiger partial charge in [0.15, 0.2) is 5.58 Å². The molecular formula is C30H33N2O6PS. The summed E-state index contributed by atoms with van der Waals surface area (Å²) in [4.78, 5) is 29.4. The number of pyridine rings is 1. The lowest BCUT2D eigenvalue weighted by molar-refractivity contribution is 0.0702. The van der Waals surface area contributed by atoms with Crippen LogP contribution >= 0.6 is 18.9 Å². The summed E-state index contributed by atoms with van der Waals surface area (Å²) < 4.78 is 27.4. The van der Waals surface area contributed by atoms with Crippen LogP contribution in [0.4, 0.5) is 5.69 Å². The van der Waals surface area contributed by atoms with Crippen molar-refractivity contribution in [2.45, 2.75) is 57.1 Å². The van der Waals surface area contributed by atoms with Gasteiger partial charge in [0, 0.05) is 42.0 Å². The third kappa shape index (κ3) is 5.23. The summed E-state index contributed by atoms with van der Waals surface area (Å²) in [5.74, 6) is 0.146. The Hall–Kier alpha value is -2.97. The number of aromatic nitrogens is 1. The van der Waals surface area contributed by atoms with Crippen molar-refractivity contribution in [3.63, 3.8) is 0 Å². The molecule has 4 heterocycles. The predicted molar refractivity (Wildman–Crippen MR) is 157 cm³/mol. The molecule has 0 spiro atoms. The summed E-state index contributed by atoms with van der Waals surface area (Å²) in [7, 11) is -3.90. The van der Waals surface area contributed by atoms with Crippen LogP contribution in [0.2, 0.25) is 0 Å². The Morgan fingerprint density at radius 3 is 2.40 bits per heavy atom. The van der Waals surface area contributed by atoms with Gasteiger partial charge in [0.25, 0.3) is 7.52 Å². The maximum Gasteiger partial charge on any atom is 0.348 e. The van der Waals surface area contributed by atoms with Gasteiger partial charge in [0.05, 0.1) is 11.3 Å². The lowest BCUT2D eigenvalue weighted by atomic mass is 9.91. The van der Waals surface area contributed by atoms with Crippen LogP contribution in [0.5, 0.6) is 0 Å². The molecule has 40 heavy (non-hydrogen) atoms. The first-order valence-electron chi connectivity index (χ1n) is 13.8. The number of fused-ring (bicyclic) bond motifs is 1. The number of carbonyl (C=O) groups is 1. The third-order valence-electron chi connectivity index (χ3n) is 8.20. The van der Waals surface area contributed by atoms with Crippen molar-refractivity contribution >= 4 is 41.6 Å². The standard InChI is InChI=1S/C30H33N2O6PS/c1-19-4-10-23(11-5-19)39(35,36)32(22-12-15-37-16-13-22)25-18-28(40-29(25)30(33)34)21-8-6-20(7-9-21)27-17-24-26(38-27)3-2-14-31-24/h2-3,6-9,14,17-19,22-23H,4-5,10-13,15-16H2,1H3,(H,33,34)(H,35,36). The number of aromatic carboxylic acids is 1. The number of benzene rings is 1. The first kappa shape index (κ1) is 27.2. The minimum absolute atomic E-state index is 0.0902. The average molecular weight is 581 g/mol. The summed E-state index contributed by atoms with van der Waals surface area (Å²) in [5.41, 5.74) is 3.19. The van der Waals surface area contributed by atoms with Crippen LogP contribution < -0.4 is 4.67 Å². The predicted octanol–water partition coefficient (Wildman–Crippen LogP) is 7.67. The number of hydrogen-bond donors (Lipinski definition) is 2. The van der Waals surface area contributed by atoms with Crippen LogP contribution in [0.1, 0.15) is 55.1 Å². The number of hydrogen-bond acceptors (Lipinski definition) is 6. The number of nitrogens with zero attached hydrogens (tertiary/aromatic N) is 2. The second kappa shape index (κ2) is 11.1. The van der Waals surface area contributed by atoms with E-state index in [0.29, 0.717) is 61.8 Å². The molecule has 10 heteroatoms. The highest BCUT2D eigenvalue weighted by Gasteiger charge is 2.44. The number of carboxylic acid groups (broad SMARTS) is 1. The fourth-order valence-corrected chi connectivity index (χ4v) is 9.48. The second-order valence-corrected chi connectivity index (χ2v) is 14.3. The maximum absolute atomic E-state index is 14.3. The van der Waals surface area contributed by atoms with Crippen molar-refractivity contribution in [2.24, 2.45) is 5.92 Å². The van der Waals surface area contributed by atoms with Gasteiger partial charge in [0.1, 0.15) is 16.2 Å². The Labute approximate surface area is 237 Å². The van der Waals surface area contributed by atoms with Gasteiger partial charge in [-0.05, 0) is 68.2 Å². The van der Waals surface area contributed by atoms with Crippen LogP contribution in [0.3, 0.4) is 0 Å². The molecule has 2 aliphatic rings. The molecule has 2 fully saturated rings. The van der Waals surface area contributed by atoms with Gasteiger partial charge in [-0.2, -0.15) is 0 Å². The van der Waals surface area contributed by atoms with E-state index in [1.807, 2.05) is 42.5 Å². The number of rotatable bonds is 7. The Kier molecular flexibility index (Phi) is 7.57. The number of thiophene rings is 1. The molecule has 1 aliphatic heterocycles. The molecule has 1 saturated carbocycles. The van der Waals surface area contributed by atoms with E-state index in [9.17, 15) is 19.4 Å². The molecule has 0 bridgehead atoms. The first-order valence-corrected chi connectivity index (χ1v) is 16.3. The van der Waals surface area contributed by atoms with E-state index < -0.39 is 13.5 Å². The molecule has 2 N–H and O–H groups in total. The van der Waals surface area contributed by atoms with Crippen LogP contribution in [-0.2, 0) is 9.30 Å². The normalized spacial score (nSPS) is 21.8. The number of anilines is 1. The van der Waals surface area contributed by atoms with E-state index in [0.717, 1.165) is 45.7 Å². The Morgan fingerprint density at radius 2 is 1.73 bits per heavy atom. The van der Waals surface area contributed by atoms with E-state index in [1.54, 1.807) is 16.9 Å². The van der Waals surface area contributed by atoms with E-state index in [1.165, 1.54) is 0 Å². The van der Waals surface area contributed by atoms with Crippen molar-refractivity contribution in [2.75, 3.05) is 17.9 Å². The molecule has 1 saturated heterocycles. The molecule has 1 aliphatic carbocycles. The summed E-state index contributed by atoms with van der Waals surface area (Å²) >= 11 is 1.14. The first-order chi connectivity index (χ1) is 19.3. The summed E-state index contributed by atoms with van der Waals surface area (Å²) in [6.07, 6.45) is 6.05. The van der Waals surface area contributed by atoms with Crippen LogP contribution in [-0.4, -0.2) is 45.9 Å². The number of ether oxygens (including phenoxy) is 1. The molecule has 4 aromatic rings. The minimum atomic E-state index is -3.90. The number of furan rings is 1. The lowest BCUT2D eigenvalue weighted by Gasteiger charge is -2.42. The second-order valence-electron chi connectivity index (χ2n) is 10.9. The van der Waals surface area contributed by atoms with Crippen LogP contribution in [0.15, 0.2) is 59.1 Å². The van der Waals surface area contributed by atoms with E-state index in [4.69, 9.17) is 9.15 Å². The fourth-order valence-electron chi connectivity index (χ4n) is 5.93.